The molecule has 0 bridgehead atoms. The molecule has 0 saturated heterocycles. The summed E-state index contributed by atoms with van der Waals surface area (Å²) in [4.78, 5) is 29.1. The first-order valence-corrected chi connectivity index (χ1v) is 9.42. The van der Waals surface area contributed by atoms with Crippen LogP contribution in [-0.4, -0.2) is 34.8 Å². The molecule has 0 aliphatic rings. The van der Waals surface area contributed by atoms with Gasteiger partial charge < -0.3 is 4.90 Å². The molecular formula is C18H13F3N2O2S2. The molecule has 0 aliphatic heterocycles. The molecule has 0 atom stereocenters. The molecule has 0 fully saturated rings. The number of benzene rings is 1. The van der Waals surface area contributed by atoms with E-state index in [2.05, 4.69) is 4.98 Å². The summed E-state index contributed by atoms with van der Waals surface area (Å²) in [5.74, 6) is -2.40. The van der Waals surface area contributed by atoms with Gasteiger partial charge in [-0.3, -0.25) is 9.59 Å². The van der Waals surface area contributed by atoms with E-state index < -0.39 is 22.7 Å². The normalized spacial score (nSPS) is 11.4. The molecule has 0 saturated carbocycles. The number of thiazole rings is 1. The van der Waals surface area contributed by atoms with Crippen LogP contribution in [0.25, 0.3) is 11.3 Å². The van der Waals surface area contributed by atoms with E-state index in [4.69, 9.17) is 0 Å². The van der Waals surface area contributed by atoms with Crippen molar-refractivity contribution in [2.24, 2.45) is 0 Å². The summed E-state index contributed by atoms with van der Waals surface area (Å²) in [6.07, 6.45) is -4.95. The van der Waals surface area contributed by atoms with E-state index >= 15 is 0 Å². The quantitative estimate of drug-likeness (QED) is 0.563. The number of carbonyl (C=O) groups excluding carboxylic acids is 2. The zero-order valence-electron chi connectivity index (χ0n) is 14.0. The average molecular weight is 410 g/mol. The number of thiophene rings is 1. The van der Waals surface area contributed by atoms with E-state index in [9.17, 15) is 22.8 Å². The van der Waals surface area contributed by atoms with E-state index in [-0.39, 0.29) is 11.4 Å². The summed E-state index contributed by atoms with van der Waals surface area (Å²) < 4.78 is 37.5. The van der Waals surface area contributed by atoms with Gasteiger partial charge in [-0.05, 0) is 12.1 Å². The number of hydrogen-bond donors (Lipinski definition) is 0. The van der Waals surface area contributed by atoms with Crippen LogP contribution in [0.5, 0.6) is 0 Å². The predicted octanol–water partition coefficient (Wildman–Crippen LogP) is 4.89. The Labute approximate surface area is 160 Å². The maximum Gasteiger partial charge on any atom is 0.455 e. The van der Waals surface area contributed by atoms with Crippen molar-refractivity contribution in [3.05, 3.63) is 62.6 Å². The first kappa shape index (κ1) is 19.2. The predicted molar refractivity (Wildman–Crippen MR) is 98.1 cm³/mol. The molecule has 140 valence electrons. The van der Waals surface area contributed by atoms with Crippen LogP contribution in [0.4, 0.5) is 13.2 Å². The van der Waals surface area contributed by atoms with Crippen molar-refractivity contribution in [2.75, 3.05) is 7.05 Å². The third kappa shape index (κ3) is 4.42. The lowest BCUT2D eigenvalue weighted by Crippen LogP contribution is -2.25. The minimum Gasteiger partial charge on any atom is -0.334 e. The Kier molecular flexibility index (Phi) is 5.43. The molecule has 9 heteroatoms. The van der Waals surface area contributed by atoms with E-state index in [1.807, 2.05) is 35.7 Å². The van der Waals surface area contributed by atoms with Gasteiger partial charge in [0.25, 0.3) is 11.7 Å². The Bertz CT molecular complexity index is 964. The van der Waals surface area contributed by atoms with Gasteiger partial charge in [-0.2, -0.15) is 13.2 Å². The fourth-order valence-corrected chi connectivity index (χ4v) is 4.12. The van der Waals surface area contributed by atoms with Crippen LogP contribution in [0.15, 0.2) is 47.8 Å². The van der Waals surface area contributed by atoms with Crippen LogP contribution in [0.3, 0.4) is 0 Å². The zero-order chi connectivity index (χ0) is 19.6. The number of ketones is 1. The molecule has 3 rings (SSSR count). The SMILES string of the molecule is CN(Cc1nc(-c2ccccc2)cs1)C(=O)c1ccc(C(=O)C(F)(F)F)s1. The number of amides is 1. The summed E-state index contributed by atoms with van der Waals surface area (Å²) in [5.41, 5.74) is 1.76. The molecule has 2 aromatic heterocycles. The molecule has 0 N–H and O–H groups in total. The number of carbonyl (C=O) groups is 2. The highest BCUT2D eigenvalue weighted by molar-refractivity contribution is 7.16. The Hall–Kier alpha value is -2.52. The largest absolute Gasteiger partial charge is 0.455 e. The minimum absolute atomic E-state index is 0.0740. The summed E-state index contributed by atoms with van der Waals surface area (Å²) >= 11 is 1.93. The highest BCUT2D eigenvalue weighted by Crippen LogP contribution is 2.27. The number of aromatic nitrogens is 1. The lowest BCUT2D eigenvalue weighted by Gasteiger charge is -2.14. The lowest BCUT2D eigenvalue weighted by atomic mass is 10.2. The van der Waals surface area contributed by atoms with Gasteiger partial charge in [-0.1, -0.05) is 30.3 Å². The van der Waals surface area contributed by atoms with Gasteiger partial charge in [0, 0.05) is 18.0 Å². The summed E-state index contributed by atoms with van der Waals surface area (Å²) in [6, 6.07) is 11.8. The fraction of sp³-hybridized carbons (Fsp3) is 0.167. The Morgan fingerprint density at radius 2 is 1.74 bits per heavy atom. The van der Waals surface area contributed by atoms with Crippen LogP contribution in [0.2, 0.25) is 0 Å². The summed E-state index contributed by atoms with van der Waals surface area (Å²) in [5, 5.41) is 2.58. The number of Topliss-reactive ketones (excluding diaryl/α,β-unsaturated/α-hetero) is 1. The third-order valence-corrected chi connectivity index (χ3v) is 5.54. The second-order valence-electron chi connectivity index (χ2n) is 5.64. The van der Waals surface area contributed by atoms with Crippen LogP contribution in [-0.2, 0) is 6.54 Å². The molecule has 3 aromatic rings. The minimum atomic E-state index is -4.95. The number of nitrogens with zero attached hydrogens (tertiary/aromatic N) is 2. The van der Waals surface area contributed by atoms with Gasteiger partial charge in [0.1, 0.15) is 5.01 Å². The van der Waals surface area contributed by atoms with E-state index in [1.165, 1.54) is 29.4 Å². The highest BCUT2D eigenvalue weighted by Gasteiger charge is 2.40. The van der Waals surface area contributed by atoms with Crippen molar-refractivity contribution in [3.63, 3.8) is 0 Å². The maximum absolute atomic E-state index is 12.5. The van der Waals surface area contributed by atoms with Crippen molar-refractivity contribution in [2.45, 2.75) is 12.7 Å². The first-order chi connectivity index (χ1) is 12.8. The summed E-state index contributed by atoms with van der Waals surface area (Å²) in [7, 11) is 1.54. The zero-order valence-corrected chi connectivity index (χ0v) is 15.6. The summed E-state index contributed by atoms with van der Waals surface area (Å²) in [6.45, 7) is 0.219. The topological polar surface area (TPSA) is 50.3 Å². The fourth-order valence-electron chi connectivity index (χ4n) is 2.30. The highest BCUT2D eigenvalue weighted by atomic mass is 32.1. The molecule has 27 heavy (non-hydrogen) atoms. The van der Waals surface area contributed by atoms with E-state index in [0.717, 1.165) is 17.3 Å². The van der Waals surface area contributed by atoms with Crippen molar-refractivity contribution < 1.29 is 22.8 Å². The lowest BCUT2D eigenvalue weighted by molar-refractivity contribution is -0.0882. The number of hydrogen-bond acceptors (Lipinski definition) is 5. The molecule has 4 nitrogen and oxygen atoms in total. The van der Waals surface area contributed by atoms with Gasteiger partial charge in [0.15, 0.2) is 0 Å². The molecule has 0 spiro atoms. The van der Waals surface area contributed by atoms with Crippen molar-refractivity contribution in [3.8, 4) is 11.3 Å². The smallest absolute Gasteiger partial charge is 0.334 e. The average Bonchev–Trinajstić information content (AvgIpc) is 3.30. The monoisotopic (exact) mass is 410 g/mol. The van der Waals surface area contributed by atoms with Gasteiger partial charge in [-0.15, -0.1) is 22.7 Å². The molecule has 2 heterocycles. The second kappa shape index (κ2) is 7.61. The van der Waals surface area contributed by atoms with Crippen LogP contribution >= 0.6 is 22.7 Å². The second-order valence-corrected chi connectivity index (χ2v) is 7.67. The van der Waals surface area contributed by atoms with Crippen LogP contribution < -0.4 is 0 Å². The van der Waals surface area contributed by atoms with Gasteiger partial charge in [-0.25, -0.2) is 4.98 Å². The van der Waals surface area contributed by atoms with Crippen molar-refractivity contribution >= 4 is 34.4 Å². The van der Waals surface area contributed by atoms with Gasteiger partial charge >= 0.3 is 6.18 Å². The Morgan fingerprint density at radius 3 is 2.41 bits per heavy atom. The molecule has 1 aromatic carbocycles. The van der Waals surface area contributed by atoms with Crippen LogP contribution in [0, 0.1) is 0 Å². The Balaban J connectivity index is 1.69. The standard InChI is InChI=1S/C18H13F3N2O2S2/c1-23(9-15-22-12(10-26-15)11-5-3-2-4-6-11)17(25)14-8-7-13(27-14)16(24)18(19,20)21/h2-8,10H,9H2,1H3. The molecule has 1 amide bonds. The number of alkyl halides is 3. The van der Waals surface area contributed by atoms with Crippen molar-refractivity contribution in [1.82, 2.24) is 9.88 Å². The van der Waals surface area contributed by atoms with E-state index in [1.54, 1.807) is 0 Å². The maximum atomic E-state index is 12.5. The van der Waals surface area contributed by atoms with Gasteiger partial charge in [0.2, 0.25) is 0 Å². The number of rotatable bonds is 5. The molecular weight excluding hydrogens is 397 g/mol. The number of halogens is 3. The van der Waals surface area contributed by atoms with Crippen molar-refractivity contribution in [1.29, 1.82) is 0 Å². The molecule has 0 unspecified atom stereocenters. The van der Waals surface area contributed by atoms with E-state index in [0.29, 0.717) is 16.3 Å². The van der Waals surface area contributed by atoms with Crippen LogP contribution in [0.1, 0.15) is 24.4 Å². The molecule has 0 radical (unpaired) electrons. The first-order valence-electron chi connectivity index (χ1n) is 7.72. The molecule has 0 aliphatic carbocycles. The Morgan fingerprint density at radius 1 is 1.07 bits per heavy atom. The third-order valence-electron chi connectivity index (χ3n) is 3.64. The van der Waals surface area contributed by atoms with Gasteiger partial charge in [0.05, 0.1) is 22.0 Å².